The second kappa shape index (κ2) is 8.21. The molecule has 2 aromatic rings. The van der Waals surface area contributed by atoms with Crippen molar-refractivity contribution in [2.45, 2.75) is 0 Å². The Kier molecular flexibility index (Phi) is 5.52. The normalized spacial score (nSPS) is 12.7. The molecule has 0 fully saturated rings. The first-order valence-corrected chi connectivity index (χ1v) is 7.84. The van der Waals surface area contributed by atoms with Gasteiger partial charge < -0.3 is 24.8 Å². The number of hydrogen-bond acceptors (Lipinski definition) is 7. The molecular weight excluding hydrogens is 312 g/mol. The van der Waals surface area contributed by atoms with Crippen LogP contribution in [-0.2, 0) is 0 Å². The standard InChI is InChI=1S/C16H20N4O4/c21-16-12(4-5-19-20-16)18-7-6-17-8-9-22-13-2-1-3-14-15(13)24-11-10-23-14/h1-5,17H,6-11H2,(H,18,19)(H,20,21). The monoisotopic (exact) mass is 332 g/mol. The Hall–Kier alpha value is -2.74. The average molecular weight is 332 g/mol. The fourth-order valence-electron chi connectivity index (χ4n) is 2.29. The number of benzene rings is 1. The molecule has 0 radical (unpaired) electrons. The molecule has 128 valence electrons. The van der Waals surface area contributed by atoms with Crippen LogP contribution in [0, 0.1) is 0 Å². The van der Waals surface area contributed by atoms with Crippen molar-refractivity contribution >= 4 is 5.69 Å². The molecule has 0 atom stereocenters. The zero-order valence-corrected chi connectivity index (χ0v) is 13.2. The van der Waals surface area contributed by atoms with Crippen LogP contribution in [0.5, 0.6) is 17.2 Å². The number of aromatic amines is 1. The average Bonchev–Trinajstić information content (AvgIpc) is 2.62. The SMILES string of the molecule is O=c1[nH]nccc1NCCNCCOc1cccc2c1OCCO2. The van der Waals surface area contributed by atoms with Crippen molar-refractivity contribution in [3.05, 3.63) is 40.8 Å². The highest BCUT2D eigenvalue weighted by Crippen LogP contribution is 2.38. The first-order valence-electron chi connectivity index (χ1n) is 7.84. The lowest BCUT2D eigenvalue weighted by Gasteiger charge is -2.20. The number of ether oxygens (including phenoxy) is 3. The van der Waals surface area contributed by atoms with Crippen LogP contribution in [0.2, 0.25) is 0 Å². The lowest BCUT2D eigenvalue weighted by atomic mass is 10.3. The third-order valence-corrected chi connectivity index (χ3v) is 3.41. The Morgan fingerprint density at radius 1 is 1.17 bits per heavy atom. The molecule has 3 rings (SSSR count). The van der Waals surface area contributed by atoms with E-state index in [1.54, 1.807) is 6.07 Å². The lowest BCUT2D eigenvalue weighted by molar-refractivity contribution is 0.162. The summed E-state index contributed by atoms with van der Waals surface area (Å²) in [5.74, 6) is 2.08. The first-order chi connectivity index (χ1) is 11.8. The quantitative estimate of drug-likeness (QED) is 0.610. The van der Waals surface area contributed by atoms with Crippen LogP contribution in [0.3, 0.4) is 0 Å². The Morgan fingerprint density at radius 2 is 2.08 bits per heavy atom. The number of rotatable bonds is 8. The van der Waals surface area contributed by atoms with E-state index in [1.807, 2.05) is 18.2 Å². The Balaban J connectivity index is 1.35. The number of hydrogen-bond donors (Lipinski definition) is 3. The molecule has 2 heterocycles. The van der Waals surface area contributed by atoms with Crippen LogP contribution in [0.4, 0.5) is 5.69 Å². The van der Waals surface area contributed by atoms with Crippen molar-refractivity contribution in [3.8, 4) is 17.2 Å². The fourth-order valence-corrected chi connectivity index (χ4v) is 2.29. The maximum absolute atomic E-state index is 11.4. The fraction of sp³-hybridized carbons (Fsp3) is 0.375. The highest BCUT2D eigenvalue weighted by molar-refractivity contribution is 5.51. The third kappa shape index (κ3) is 4.17. The second-order valence-electron chi connectivity index (χ2n) is 5.11. The van der Waals surface area contributed by atoms with Gasteiger partial charge in [0.15, 0.2) is 11.5 Å². The van der Waals surface area contributed by atoms with E-state index >= 15 is 0 Å². The van der Waals surface area contributed by atoms with Crippen molar-refractivity contribution in [1.29, 1.82) is 0 Å². The minimum atomic E-state index is -0.225. The van der Waals surface area contributed by atoms with Crippen molar-refractivity contribution in [1.82, 2.24) is 15.5 Å². The summed E-state index contributed by atoms with van der Waals surface area (Å²) in [6, 6.07) is 7.26. The van der Waals surface area contributed by atoms with Crippen LogP contribution >= 0.6 is 0 Å². The Bertz CT molecular complexity index is 719. The molecule has 0 saturated carbocycles. The van der Waals surface area contributed by atoms with Crippen LogP contribution in [0.1, 0.15) is 0 Å². The molecule has 1 aromatic carbocycles. The molecule has 0 aliphatic carbocycles. The maximum Gasteiger partial charge on any atom is 0.287 e. The van der Waals surface area contributed by atoms with E-state index in [9.17, 15) is 4.79 Å². The van der Waals surface area contributed by atoms with Crippen LogP contribution in [0.15, 0.2) is 35.3 Å². The summed E-state index contributed by atoms with van der Waals surface area (Å²) in [7, 11) is 0. The van der Waals surface area contributed by atoms with Gasteiger partial charge in [-0.05, 0) is 18.2 Å². The zero-order chi connectivity index (χ0) is 16.6. The van der Waals surface area contributed by atoms with Crippen molar-refractivity contribution in [3.63, 3.8) is 0 Å². The molecule has 3 N–H and O–H groups in total. The molecule has 1 aromatic heterocycles. The molecule has 1 aliphatic heterocycles. The van der Waals surface area contributed by atoms with Gasteiger partial charge in [-0.3, -0.25) is 4.79 Å². The Labute approximate surface area is 139 Å². The van der Waals surface area contributed by atoms with Gasteiger partial charge in [-0.15, -0.1) is 0 Å². The van der Waals surface area contributed by atoms with Gasteiger partial charge >= 0.3 is 0 Å². The van der Waals surface area contributed by atoms with Crippen molar-refractivity contribution in [2.24, 2.45) is 0 Å². The van der Waals surface area contributed by atoms with E-state index in [0.717, 1.165) is 5.75 Å². The van der Waals surface area contributed by atoms with E-state index in [4.69, 9.17) is 14.2 Å². The summed E-state index contributed by atoms with van der Waals surface area (Å²) in [4.78, 5) is 11.4. The van der Waals surface area contributed by atoms with Gasteiger partial charge in [-0.1, -0.05) is 6.07 Å². The first kappa shape index (κ1) is 16.1. The van der Waals surface area contributed by atoms with Crippen LogP contribution in [0.25, 0.3) is 0 Å². The van der Waals surface area contributed by atoms with Crippen molar-refractivity contribution in [2.75, 3.05) is 44.8 Å². The summed E-state index contributed by atoms with van der Waals surface area (Å²) < 4.78 is 16.8. The summed E-state index contributed by atoms with van der Waals surface area (Å²) in [6.07, 6.45) is 1.54. The molecule has 0 bridgehead atoms. The molecule has 1 aliphatic rings. The van der Waals surface area contributed by atoms with E-state index in [0.29, 0.717) is 56.6 Å². The number of para-hydroxylation sites is 1. The molecule has 0 amide bonds. The molecular formula is C16H20N4O4. The number of aromatic nitrogens is 2. The molecule has 0 unspecified atom stereocenters. The molecule has 0 saturated heterocycles. The highest BCUT2D eigenvalue weighted by Gasteiger charge is 2.16. The van der Waals surface area contributed by atoms with Crippen molar-refractivity contribution < 1.29 is 14.2 Å². The topological polar surface area (TPSA) is 97.5 Å². The second-order valence-corrected chi connectivity index (χ2v) is 5.11. The van der Waals surface area contributed by atoms with Gasteiger partial charge in [0, 0.05) is 25.8 Å². The minimum Gasteiger partial charge on any atom is -0.488 e. The predicted octanol–water partition coefficient (Wildman–Crippen LogP) is 0.622. The number of nitrogens with one attached hydrogen (secondary N) is 3. The van der Waals surface area contributed by atoms with Gasteiger partial charge in [-0.25, -0.2) is 5.10 Å². The number of nitrogens with zero attached hydrogens (tertiary/aromatic N) is 1. The smallest absolute Gasteiger partial charge is 0.287 e. The highest BCUT2D eigenvalue weighted by atomic mass is 16.6. The number of fused-ring (bicyclic) bond motifs is 1. The van der Waals surface area contributed by atoms with Gasteiger partial charge in [0.2, 0.25) is 5.75 Å². The molecule has 8 heteroatoms. The van der Waals surface area contributed by atoms with E-state index in [1.165, 1.54) is 6.20 Å². The molecule has 8 nitrogen and oxygen atoms in total. The lowest BCUT2D eigenvalue weighted by Crippen LogP contribution is -2.28. The largest absolute Gasteiger partial charge is 0.488 e. The van der Waals surface area contributed by atoms with Crippen LogP contribution in [-0.4, -0.2) is 49.7 Å². The minimum absolute atomic E-state index is 0.225. The number of H-pyrrole nitrogens is 1. The molecule has 24 heavy (non-hydrogen) atoms. The van der Waals surface area contributed by atoms with Gasteiger partial charge in [0.05, 0.1) is 0 Å². The summed E-state index contributed by atoms with van der Waals surface area (Å²) in [5.41, 5.74) is 0.285. The van der Waals surface area contributed by atoms with Gasteiger partial charge in [0.25, 0.3) is 5.56 Å². The predicted molar refractivity (Wildman–Crippen MR) is 89.1 cm³/mol. The van der Waals surface area contributed by atoms with E-state index in [-0.39, 0.29) is 5.56 Å². The molecule has 0 spiro atoms. The van der Waals surface area contributed by atoms with Gasteiger partial charge in [-0.2, -0.15) is 5.10 Å². The summed E-state index contributed by atoms with van der Waals surface area (Å²) >= 11 is 0. The van der Waals surface area contributed by atoms with E-state index in [2.05, 4.69) is 20.8 Å². The maximum atomic E-state index is 11.4. The summed E-state index contributed by atoms with van der Waals surface area (Å²) in [6.45, 7) is 3.62. The number of anilines is 1. The Morgan fingerprint density at radius 3 is 3.00 bits per heavy atom. The third-order valence-electron chi connectivity index (χ3n) is 3.41. The van der Waals surface area contributed by atoms with E-state index < -0.39 is 0 Å². The van der Waals surface area contributed by atoms with Crippen LogP contribution < -0.4 is 30.4 Å². The zero-order valence-electron chi connectivity index (χ0n) is 13.2. The summed E-state index contributed by atoms with van der Waals surface area (Å²) in [5, 5.41) is 12.3. The van der Waals surface area contributed by atoms with Gasteiger partial charge in [0.1, 0.15) is 25.5 Å².